The van der Waals surface area contributed by atoms with Crippen LogP contribution in [0.5, 0.6) is 0 Å². The van der Waals surface area contributed by atoms with Gasteiger partial charge in [0.2, 0.25) is 5.91 Å². The number of carbonyl (C=O) groups excluding carboxylic acids is 1. The van der Waals surface area contributed by atoms with Gasteiger partial charge in [0, 0.05) is 42.9 Å². The van der Waals surface area contributed by atoms with E-state index in [9.17, 15) is 9.18 Å². The number of benzene rings is 2. The summed E-state index contributed by atoms with van der Waals surface area (Å²) < 4.78 is 13.2. The Labute approximate surface area is 158 Å². The summed E-state index contributed by atoms with van der Waals surface area (Å²) in [7, 11) is 0. The maximum atomic E-state index is 13.2. The molecule has 3 rings (SSSR count). The van der Waals surface area contributed by atoms with E-state index in [0.29, 0.717) is 12.2 Å². The molecule has 0 spiro atoms. The largest absolute Gasteiger partial charge is 0.325 e. The summed E-state index contributed by atoms with van der Waals surface area (Å²) >= 11 is 6.31. The Bertz CT molecular complexity index is 762. The highest BCUT2D eigenvalue weighted by Crippen LogP contribution is 2.27. The lowest BCUT2D eigenvalue weighted by atomic mass is 10.1. The molecular weight excluding hydrogens is 353 g/mol. The van der Waals surface area contributed by atoms with Gasteiger partial charge in [-0.2, -0.15) is 0 Å². The van der Waals surface area contributed by atoms with Crippen molar-refractivity contribution in [3.63, 3.8) is 0 Å². The lowest BCUT2D eigenvalue weighted by Gasteiger charge is -2.38. The molecule has 1 heterocycles. The molecule has 6 heteroatoms. The summed E-state index contributed by atoms with van der Waals surface area (Å²) in [5.41, 5.74) is 1.62. The van der Waals surface area contributed by atoms with Crippen LogP contribution in [0.1, 0.15) is 18.5 Å². The van der Waals surface area contributed by atoms with Gasteiger partial charge < -0.3 is 5.32 Å². The molecule has 1 saturated heterocycles. The van der Waals surface area contributed by atoms with Crippen LogP contribution in [0.2, 0.25) is 5.02 Å². The topological polar surface area (TPSA) is 35.6 Å². The number of carbonyl (C=O) groups is 1. The van der Waals surface area contributed by atoms with Gasteiger partial charge in [0.1, 0.15) is 5.82 Å². The second-order valence-corrected chi connectivity index (χ2v) is 6.98. The van der Waals surface area contributed by atoms with Gasteiger partial charge in [-0.15, -0.1) is 0 Å². The first-order chi connectivity index (χ1) is 12.5. The number of nitrogens with zero attached hydrogens (tertiary/aromatic N) is 2. The van der Waals surface area contributed by atoms with Crippen LogP contribution in [0.4, 0.5) is 10.1 Å². The molecule has 0 saturated carbocycles. The van der Waals surface area contributed by atoms with E-state index in [1.54, 1.807) is 12.1 Å². The van der Waals surface area contributed by atoms with Crippen LogP contribution in [0.3, 0.4) is 0 Å². The highest BCUT2D eigenvalue weighted by Gasteiger charge is 2.24. The average Bonchev–Trinajstić information content (AvgIpc) is 2.62. The zero-order valence-electron chi connectivity index (χ0n) is 14.8. The number of hydrogen-bond acceptors (Lipinski definition) is 3. The first-order valence-electron chi connectivity index (χ1n) is 8.79. The Kier molecular flexibility index (Phi) is 6.25. The van der Waals surface area contributed by atoms with Crippen molar-refractivity contribution in [3.05, 3.63) is 64.9 Å². The summed E-state index contributed by atoms with van der Waals surface area (Å²) in [4.78, 5) is 16.7. The number of piperazine rings is 1. The molecule has 1 fully saturated rings. The molecule has 1 unspecified atom stereocenters. The molecule has 0 bridgehead atoms. The molecule has 0 aliphatic carbocycles. The van der Waals surface area contributed by atoms with Crippen molar-refractivity contribution in [2.75, 3.05) is 38.0 Å². The fraction of sp³-hybridized carbons (Fsp3) is 0.350. The number of rotatable bonds is 5. The summed E-state index contributed by atoms with van der Waals surface area (Å²) in [5.74, 6) is -0.479. The minimum Gasteiger partial charge on any atom is -0.325 e. The second-order valence-electron chi connectivity index (χ2n) is 6.57. The molecule has 2 aromatic carbocycles. The molecular formula is C20H23ClFN3O. The monoisotopic (exact) mass is 375 g/mol. The van der Waals surface area contributed by atoms with E-state index in [2.05, 4.69) is 28.1 Å². The van der Waals surface area contributed by atoms with Crippen molar-refractivity contribution < 1.29 is 9.18 Å². The van der Waals surface area contributed by atoms with Gasteiger partial charge >= 0.3 is 0 Å². The lowest BCUT2D eigenvalue weighted by Crippen LogP contribution is -2.49. The van der Waals surface area contributed by atoms with Crippen molar-refractivity contribution in [2.45, 2.75) is 13.0 Å². The average molecular weight is 376 g/mol. The van der Waals surface area contributed by atoms with Crippen LogP contribution in [-0.2, 0) is 4.79 Å². The molecule has 4 nitrogen and oxygen atoms in total. The Morgan fingerprint density at radius 1 is 1.15 bits per heavy atom. The number of anilines is 1. The van der Waals surface area contributed by atoms with E-state index >= 15 is 0 Å². The maximum Gasteiger partial charge on any atom is 0.238 e. The lowest BCUT2D eigenvalue weighted by molar-refractivity contribution is -0.117. The van der Waals surface area contributed by atoms with Crippen LogP contribution in [0.15, 0.2) is 48.5 Å². The Hall–Kier alpha value is -1.95. The van der Waals surface area contributed by atoms with Gasteiger partial charge in [0.15, 0.2) is 0 Å². The van der Waals surface area contributed by atoms with Gasteiger partial charge in [0.05, 0.1) is 6.54 Å². The van der Waals surface area contributed by atoms with Gasteiger partial charge in [-0.3, -0.25) is 14.6 Å². The Balaban J connectivity index is 1.49. The smallest absolute Gasteiger partial charge is 0.238 e. The van der Waals surface area contributed by atoms with E-state index in [0.717, 1.165) is 36.8 Å². The minimum absolute atomic E-state index is 0.122. The Morgan fingerprint density at radius 2 is 1.88 bits per heavy atom. The molecule has 1 aliphatic rings. The minimum atomic E-state index is -0.357. The fourth-order valence-corrected chi connectivity index (χ4v) is 3.58. The van der Waals surface area contributed by atoms with Crippen LogP contribution in [-0.4, -0.2) is 48.4 Å². The van der Waals surface area contributed by atoms with Gasteiger partial charge in [-0.1, -0.05) is 35.9 Å². The Morgan fingerprint density at radius 3 is 2.58 bits per heavy atom. The van der Waals surface area contributed by atoms with Gasteiger partial charge in [-0.25, -0.2) is 4.39 Å². The first-order valence-corrected chi connectivity index (χ1v) is 9.17. The number of nitrogens with one attached hydrogen (secondary N) is 1. The molecule has 1 atom stereocenters. The quantitative estimate of drug-likeness (QED) is 0.863. The third-order valence-electron chi connectivity index (χ3n) is 4.79. The summed E-state index contributed by atoms with van der Waals surface area (Å²) in [5, 5.41) is 3.53. The van der Waals surface area contributed by atoms with E-state index in [1.165, 1.54) is 12.1 Å². The van der Waals surface area contributed by atoms with Crippen LogP contribution in [0.25, 0.3) is 0 Å². The van der Waals surface area contributed by atoms with E-state index < -0.39 is 0 Å². The third-order valence-corrected chi connectivity index (χ3v) is 5.13. The van der Waals surface area contributed by atoms with Crippen molar-refractivity contribution in [1.29, 1.82) is 0 Å². The molecule has 0 radical (unpaired) electrons. The van der Waals surface area contributed by atoms with Crippen molar-refractivity contribution in [3.8, 4) is 0 Å². The van der Waals surface area contributed by atoms with Crippen molar-refractivity contribution >= 4 is 23.2 Å². The van der Waals surface area contributed by atoms with Gasteiger partial charge in [-0.05, 0) is 36.8 Å². The zero-order chi connectivity index (χ0) is 18.5. The molecule has 1 N–H and O–H groups in total. The molecule has 2 aromatic rings. The number of hydrogen-bond donors (Lipinski definition) is 1. The normalized spacial score (nSPS) is 17.0. The highest BCUT2D eigenvalue weighted by molar-refractivity contribution is 6.31. The van der Waals surface area contributed by atoms with Gasteiger partial charge in [0.25, 0.3) is 0 Å². The fourth-order valence-electron chi connectivity index (χ4n) is 3.29. The first kappa shape index (κ1) is 18.8. The highest BCUT2D eigenvalue weighted by atomic mass is 35.5. The molecule has 26 heavy (non-hydrogen) atoms. The molecule has 0 aromatic heterocycles. The van der Waals surface area contributed by atoms with Crippen molar-refractivity contribution in [1.82, 2.24) is 9.80 Å². The standard InChI is InChI=1S/C20H23ClFN3O/c1-15(18-7-2-3-8-19(18)21)25-11-9-24(10-12-25)14-20(26)23-17-6-4-5-16(22)13-17/h2-8,13,15H,9-12,14H2,1H3,(H,23,26). The zero-order valence-corrected chi connectivity index (χ0v) is 15.5. The third kappa shape index (κ3) is 4.81. The van der Waals surface area contributed by atoms with E-state index in [1.807, 2.05) is 18.2 Å². The van der Waals surface area contributed by atoms with Crippen LogP contribution < -0.4 is 5.32 Å². The SMILES string of the molecule is CC(c1ccccc1Cl)N1CCN(CC(=O)Nc2cccc(F)c2)CC1. The molecule has 1 amide bonds. The molecule has 138 valence electrons. The predicted molar refractivity (Wildman–Crippen MR) is 103 cm³/mol. The van der Waals surface area contributed by atoms with E-state index in [-0.39, 0.29) is 17.8 Å². The molecule has 1 aliphatic heterocycles. The summed E-state index contributed by atoms with van der Waals surface area (Å²) in [6, 6.07) is 14.1. The van der Waals surface area contributed by atoms with Crippen LogP contribution >= 0.6 is 11.6 Å². The number of amides is 1. The summed E-state index contributed by atoms with van der Waals surface area (Å²) in [6.07, 6.45) is 0. The van der Waals surface area contributed by atoms with Crippen LogP contribution in [0, 0.1) is 5.82 Å². The number of halogens is 2. The van der Waals surface area contributed by atoms with Crippen molar-refractivity contribution in [2.24, 2.45) is 0 Å². The summed E-state index contributed by atoms with van der Waals surface area (Å²) in [6.45, 7) is 5.84. The predicted octanol–water partition coefficient (Wildman–Crippen LogP) is 3.80. The second kappa shape index (κ2) is 8.62. The van der Waals surface area contributed by atoms with E-state index in [4.69, 9.17) is 11.6 Å². The maximum absolute atomic E-state index is 13.2.